The van der Waals surface area contributed by atoms with Gasteiger partial charge in [-0.1, -0.05) is 6.07 Å². The molecule has 2 aromatic rings. The lowest BCUT2D eigenvalue weighted by Crippen LogP contribution is -2.31. The van der Waals surface area contributed by atoms with E-state index in [1.54, 1.807) is 25.1 Å². The summed E-state index contributed by atoms with van der Waals surface area (Å²) >= 11 is 0. The summed E-state index contributed by atoms with van der Waals surface area (Å²) in [5.41, 5.74) is 0.869. The lowest BCUT2D eigenvalue weighted by molar-refractivity contribution is 0.249. The van der Waals surface area contributed by atoms with Gasteiger partial charge in [-0.3, -0.25) is 0 Å². The van der Waals surface area contributed by atoms with Crippen LogP contribution < -0.4 is 20.1 Å². The zero-order chi connectivity index (χ0) is 17.7. The first kappa shape index (κ1) is 17.5. The average molecular weight is 336 g/mol. The van der Waals surface area contributed by atoms with Gasteiger partial charge in [0.1, 0.15) is 11.5 Å². The Kier molecular flexibility index (Phi) is 5.57. The highest BCUT2D eigenvalue weighted by atomic mass is 19.2. The summed E-state index contributed by atoms with van der Waals surface area (Å²) in [6.45, 7) is 1.66. The van der Waals surface area contributed by atoms with Crippen LogP contribution in [-0.2, 0) is 0 Å². The Morgan fingerprint density at radius 3 is 2.42 bits per heavy atom. The highest BCUT2D eigenvalue weighted by Crippen LogP contribution is 2.29. The van der Waals surface area contributed by atoms with Crippen molar-refractivity contribution in [2.75, 3.05) is 19.5 Å². The van der Waals surface area contributed by atoms with Crippen LogP contribution in [0.15, 0.2) is 36.4 Å². The van der Waals surface area contributed by atoms with Gasteiger partial charge in [0.2, 0.25) is 0 Å². The Morgan fingerprint density at radius 1 is 1.04 bits per heavy atom. The van der Waals surface area contributed by atoms with Gasteiger partial charge in [0.05, 0.1) is 25.9 Å². The first-order valence-corrected chi connectivity index (χ1v) is 7.19. The van der Waals surface area contributed by atoms with E-state index in [0.29, 0.717) is 22.7 Å². The van der Waals surface area contributed by atoms with E-state index >= 15 is 0 Å². The number of nitrogens with one attached hydrogen (secondary N) is 2. The third-order valence-electron chi connectivity index (χ3n) is 3.45. The fourth-order valence-corrected chi connectivity index (χ4v) is 2.13. The van der Waals surface area contributed by atoms with Crippen molar-refractivity contribution in [3.05, 3.63) is 53.6 Å². The molecule has 0 aliphatic rings. The molecule has 0 aromatic heterocycles. The van der Waals surface area contributed by atoms with Crippen molar-refractivity contribution in [1.82, 2.24) is 5.32 Å². The largest absolute Gasteiger partial charge is 0.497 e. The third-order valence-corrected chi connectivity index (χ3v) is 3.45. The maximum absolute atomic E-state index is 13.3. The molecule has 7 heteroatoms. The second-order valence-electron chi connectivity index (χ2n) is 5.06. The molecule has 2 amide bonds. The molecule has 1 atom stereocenters. The van der Waals surface area contributed by atoms with E-state index < -0.39 is 23.7 Å². The van der Waals surface area contributed by atoms with Gasteiger partial charge in [-0.15, -0.1) is 0 Å². The van der Waals surface area contributed by atoms with E-state index in [9.17, 15) is 13.6 Å². The number of hydrogen-bond donors (Lipinski definition) is 2. The van der Waals surface area contributed by atoms with Gasteiger partial charge < -0.3 is 20.1 Å². The van der Waals surface area contributed by atoms with E-state index in [0.717, 1.165) is 12.1 Å². The monoisotopic (exact) mass is 336 g/mol. The van der Waals surface area contributed by atoms with Crippen LogP contribution >= 0.6 is 0 Å². The topological polar surface area (TPSA) is 59.6 Å². The van der Waals surface area contributed by atoms with Gasteiger partial charge in [-0.2, -0.15) is 0 Å². The van der Waals surface area contributed by atoms with Crippen LogP contribution in [0.4, 0.5) is 19.3 Å². The van der Waals surface area contributed by atoms with Crippen molar-refractivity contribution < 1.29 is 23.0 Å². The smallest absolute Gasteiger partial charge is 0.319 e. The first-order chi connectivity index (χ1) is 11.4. The lowest BCUT2D eigenvalue weighted by Gasteiger charge is -2.17. The number of methoxy groups -OCH3 is 2. The fourth-order valence-electron chi connectivity index (χ4n) is 2.13. The maximum Gasteiger partial charge on any atom is 0.319 e. The van der Waals surface area contributed by atoms with Crippen LogP contribution in [0, 0.1) is 11.6 Å². The van der Waals surface area contributed by atoms with Gasteiger partial charge in [0.25, 0.3) is 0 Å². The predicted molar refractivity (Wildman–Crippen MR) is 86.5 cm³/mol. The van der Waals surface area contributed by atoms with Gasteiger partial charge in [-0.05, 0) is 36.8 Å². The zero-order valence-corrected chi connectivity index (χ0v) is 13.5. The Bertz CT molecular complexity index is 738. The lowest BCUT2D eigenvalue weighted by atomic mass is 10.1. The summed E-state index contributed by atoms with van der Waals surface area (Å²) < 4.78 is 36.5. The first-order valence-electron chi connectivity index (χ1n) is 7.19. The molecule has 0 fully saturated rings. The summed E-state index contributed by atoms with van der Waals surface area (Å²) in [4.78, 5) is 12.1. The molecule has 0 saturated carbocycles. The number of carbonyl (C=O) groups excluding carboxylic acids is 1. The Balaban J connectivity index is 2.08. The van der Waals surface area contributed by atoms with Gasteiger partial charge in [-0.25, -0.2) is 13.6 Å². The second-order valence-corrected chi connectivity index (χ2v) is 5.06. The predicted octanol–water partition coefficient (Wildman–Crippen LogP) is 3.86. The standard InChI is InChI=1S/C17H18F2N2O3/c1-10(11-4-6-13(18)14(19)8-11)20-17(22)21-15-9-12(23-2)5-7-16(15)24-3/h4-10H,1-3H3,(H2,20,21,22)/t10-/m0/s1. The number of urea groups is 1. The molecule has 0 bridgehead atoms. The highest BCUT2D eigenvalue weighted by molar-refractivity contribution is 5.91. The molecule has 2 aromatic carbocycles. The molecule has 0 aliphatic heterocycles. The van der Waals surface area contributed by atoms with Crippen molar-refractivity contribution >= 4 is 11.7 Å². The fraction of sp³-hybridized carbons (Fsp3) is 0.235. The minimum absolute atomic E-state index is 0.423. The molecule has 0 saturated heterocycles. The molecular formula is C17H18F2N2O3. The number of carbonyl (C=O) groups is 1. The number of halogens is 2. The SMILES string of the molecule is COc1ccc(OC)c(NC(=O)N[C@@H](C)c2ccc(F)c(F)c2)c1. The quantitative estimate of drug-likeness (QED) is 0.871. The van der Waals surface area contributed by atoms with E-state index in [-0.39, 0.29) is 0 Å². The molecule has 2 N–H and O–H groups in total. The van der Waals surface area contributed by atoms with Crippen LogP contribution in [0.25, 0.3) is 0 Å². The highest BCUT2D eigenvalue weighted by Gasteiger charge is 2.14. The number of benzene rings is 2. The average Bonchev–Trinajstić information content (AvgIpc) is 2.57. The van der Waals surface area contributed by atoms with Crippen molar-refractivity contribution in [2.45, 2.75) is 13.0 Å². The minimum atomic E-state index is -0.962. The number of anilines is 1. The summed E-state index contributed by atoms with van der Waals surface area (Å²) in [5, 5.41) is 5.28. The summed E-state index contributed by atoms with van der Waals surface area (Å²) in [6.07, 6.45) is 0. The van der Waals surface area contributed by atoms with Crippen molar-refractivity contribution in [3.63, 3.8) is 0 Å². The molecule has 0 heterocycles. The third kappa shape index (κ3) is 4.13. The van der Waals surface area contributed by atoms with E-state index in [2.05, 4.69) is 10.6 Å². The number of rotatable bonds is 5. The van der Waals surface area contributed by atoms with E-state index in [4.69, 9.17) is 9.47 Å². The summed E-state index contributed by atoms with van der Waals surface area (Å²) in [7, 11) is 2.99. The van der Waals surface area contributed by atoms with Crippen molar-refractivity contribution in [3.8, 4) is 11.5 Å². The van der Waals surface area contributed by atoms with Crippen molar-refractivity contribution in [1.29, 1.82) is 0 Å². The van der Waals surface area contributed by atoms with Gasteiger partial charge >= 0.3 is 6.03 Å². The molecule has 0 aliphatic carbocycles. The van der Waals surface area contributed by atoms with Gasteiger partial charge in [0.15, 0.2) is 11.6 Å². The molecule has 128 valence electrons. The number of hydrogen-bond acceptors (Lipinski definition) is 3. The second kappa shape index (κ2) is 7.63. The maximum atomic E-state index is 13.3. The molecule has 24 heavy (non-hydrogen) atoms. The van der Waals surface area contributed by atoms with E-state index in [1.165, 1.54) is 20.3 Å². The summed E-state index contributed by atoms with van der Waals surface area (Å²) in [5.74, 6) is -0.876. The van der Waals surface area contributed by atoms with E-state index in [1.807, 2.05) is 0 Å². The van der Waals surface area contributed by atoms with Crippen LogP contribution in [0.2, 0.25) is 0 Å². The number of ether oxygens (including phenoxy) is 2. The molecule has 0 radical (unpaired) electrons. The van der Waals surface area contributed by atoms with Crippen molar-refractivity contribution in [2.24, 2.45) is 0 Å². The Morgan fingerprint density at radius 2 is 1.79 bits per heavy atom. The molecular weight excluding hydrogens is 318 g/mol. The van der Waals surface area contributed by atoms with Crippen LogP contribution in [0.3, 0.4) is 0 Å². The summed E-state index contributed by atoms with van der Waals surface area (Å²) in [6, 6.07) is 7.42. The Labute approximate surface area is 138 Å². The van der Waals surface area contributed by atoms with Gasteiger partial charge in [0, 0.05) is 6.07 Å². The van der Waals surface area contributed by atoms with Crippen LogP contribution in [0.5, 0.6) is 11.5 Å². The molecule has 0 spiro atoms. The minimum Gasteiger partial charge on any atom is -0.497 e. The number of amides is 2. The zero-order valence-electron chi connectivity index (χ0n) is 13.5. The van der Waals surface area contributed by atoms with Crippen LogP contribution in [0.1, 0.15) is 18.5 Å². The normalized spacial score (nSPS) is 11.5. The Hall–Kier alpha value is -2.83. The van der Waals surface area contributed by atoms with Crippen LogP contribution in [-0.4, -0.2) is 20.3 Å². The molecule has 2 rings (SSSR count). The molecule has 5 nitrogen and oxygen atoms in total. The molecule has 0 unspecified atom stereocenters.